The number of hydrogen-bond donors (Lipinski definition) is 2. The number of nitrogens with one attached hydrogen (secondary N) is 1. The van der Waals surface area contributed by atoms with Crippen molar-refractivity contribution >= 4 is 11.4 Å². The molecule has 0 bridgehead atoms. The number of piperidine rings is 2. The molecule has 3 N–H and O–H groups in total. The quantitative estimate of drug-likeness (QED) is 0.811. The summed E-state index contributed by atoms with van der Waals surface area (Å²) in [6, 6.07) is 4.13. The number of anilines is 2. The van der Waals surface area contributed by atoms with Gasteiger partial charge in [0.1, 0.15) is 5.75 Å². The van der Waals surface area contributed by atoms with Crippen molar-refractivity contribution in [3.63, 3.8) is 0 Å². The topological polar surface area (TPSA) is 68.3 Å². The number of ether oxygens (including phenoxy) is 1. The van der Waals surface area contributed by atoms with Gasteiger partial charge in [0, 0.05) is 49.2 Å². The van der Waals surface area contributed by atoms with Gasteiger partial charge in [-0.2, -0.15) is 5.10 Å². The maximum atomic E-state index is 6.22. The first kappa shape index (κ1) is 18.2. The smallest absolute Gasteiger partial charge is 0.143 e. The number of benzene rings is 1. The SMILES string of the molecule is COc1cc(N2CCC(C3CCNCC3)CC2)c(-c2cnn(C)c2)cc1N. The predicted molar refractivity (Wildman–Crippen MR) is 110 cm³/mol. The minimum Gasteiger partial charge on any atom is -0.495 e. The van der Waals surface area contributed by atoms with Gasteiger partial charge in [0.25, 0.3) is 0 Å². The second-order valence-electron chi connectivity index (χ2n) is 7.93. The van der Waals surface area contributed by atoms with Crippen LogP contribution in [0.5, 0.6) is 5.75 Å². The lowest BCUT2D eigenvalue weighted by Gasteiger charge is -2.39. The monoisotopic (exact) mass is 369 g/mol. The molecular formula is C21H31N5O. The Morgan fingerprint density at radius 3 is 2.44 bits per heavy atom. The number of hydrogen-bond acceptors (Lipinski definition) is 5. The summed E-state index contributed by atoms with van der Waals surface area (Å²) in [4.78, 5) is 2.50. The van der Waals surface area contributed by atoms with Crippen LogP contribution < -0.4 is 20.7 Å². The fourth-order valence-electron chi connectivity index (χ4n) is 4.74. The van der Waals surface area contributed by atoms with Gasteiger partial charge < -0.3 is 20.7 Å². The van der Waals surface area contributed by atoms with Crippen molar-refractivity contribution in [2.75, 3.05) is 43.9 Å². The summed E-state index contributed by atoms with van der Waals surface area (Å²) < 4.78 is 7.35. The number of methoxy groups -OCH3 is 1. The summed E-state index contributed by atoms with van der Waals surface area (Å²) in [6.07, 6.45) is 9.16. The van der Waals surface area contributed by atoms with Gasteiger partial charge >= 0.3 is 0 Å². The molecule has 4 rings (SSSR count). The minimum absolute atomic E-state index is 0.671. The van der Waals surface area contributed by atoms with Crippen LogP contribution in [0.4, 0.5) is 11.4 Å². The minimum atomic E-state index is 0.671. The molecule has 1 aromatic heterocycles. The molecule has 2 fully saturated rings. The molecule has 146 valence electrons. The second kappa shape index (κ2) is 7.80. The van der Waals surface area contributed by atoms with Crippen molar-refractivity contribution in [2.24, 2.45) is 18.9 Å². The third-order valence-electron chi connectivity index (χ3n) is 6.29. The van der Waals surface area contributed by atoms with E-state index in [0.29, 0.717) is 5.69 Å². The Morgan fingerprint density at radius 1 is 1.11 bits per heavy atom. The van der Waals surface area contributed by atoms with Crippen LogP contribution in [-0.2, 0) is 7.05 Å². The van der Waals surface area contributed by atoms with Crippen LogP contribution in [-0.4, -0.2) is 43.1 Å². The lowest BCUT2D eigenvalue weighted by atomic mass is 9.79. The summed E-state index contributed by atoms with van der Waals surface area (Å²) in [6.45, 7) is 4.56. The highest BCUT2D eigenvalue weighted by Crippen LogP contribution is 2.40. The van der Waals surface area contributed by atoms with Crippen molar-refractivity contribution < 1.29 is 4.74 Å². The van der Waals surface area contributed by atoms with Gasteiger partial charge in [-0.15, -0.1) is 0 Å². The van der Waals surface area contributed by atoms with Gasteiger partial charge in [-0.3, -0.25) is 4.68 Å². The number of nitrogen functional groups attached to an aromatic ring is 1. The van der Waals surface area contributed by atoms with Crippen LogP contribution in [0.25, 0.3) is 11.1 Å². The second-order valence-corrected chi connectivity index (χ2v) is 7.93. The fourth-order valence-corrected chi connectivity index (χ4v) is 4.74. The largest absolute Gasteiger partial charge is 0.495 e. The van der Waals surface area contributed by atoms with Crippen molar-refractivity contribution in [2.45, 2.75) is 25.7 Å². The summed E-state index contributed by atoms with van der Waals surface area (Å²) >= 11 is 0. The fraction of sp³-hybridized carbons (Fsp3) is 0.571. The molecule has 2 saturated heterocycles. The van der Waals surface area contributed by atoms with E-state index in [0.717, 1.165) is 41.8 Å². The highest BCUT2D eigenvalue weighted by Gasteiger charge is 2.29. The number of nitrogens with two attached hydrogens (primary N) is 1. The van der Waals surface area contributed by atoms with Crippen LogP contribution in [0.1, 0.15) is 25.7 Å². The first-order valence-corrected chi connectivity index (χ1v) is 10.1. The van der Waals surface area contributed by atoms with Gasteiger partial charge in [-0.05, 0) is 56.7 Å². The Kier molecular flexibility index (Phi) is 5.25. The third kappa shape index (κ3) is 3.76. The Labute approximate surface area is 161 Å². The van der Waals surface area contributed by atoms with Crippen molar-refractivity contribution in [1.82, 2.24) is 15.1 Å². The number of aryl methyl sites for hydroxylation is 1. The number of aromatic nitrogens is 2. The molecule has 0 unspecified atom stereocenters. The maximum Gasteiger partial charge on any atom is 0.143 e. The summed E-state index contributed by atoms with van der Waals surface area (Å²) in [5, 5.41) is 7.83. The van der Waals surface area contributed by atoms with Crippen molar-refractivity contribution in [3.8, 4) is 16.9 Å². The van der Waals surface area contributed by atoms with E-state index in [1.165, 1.54) is 44.5 Å². The molecule has 6 heteroatoms. The average molecular weight is 370 g/mol. The molecule has 6 nitrogen and oxygen atoms in total. The lowest BCUT2D eigenvalue weighted by molar-refractivity contribution is 0.222. The van der Waals surface area contributed by atoms with Gasteiger partial charge in [0.2, 0.25) is 0 Å². The third-order valence-corrected chi connectivity index (χ3v) is 6.29. The van der Waals surface area contributed by atoms with E-state index < -0.39 is 0 Å². The molecule has 27 heavy (non-hydrogen) atoms. The maximum absolute atomic E-state index is 6.22. The zero-order valence-corrected chi connectivity index (χ0v) is 16.4. The average Bonchev–Trinajstić information content (AvgIpc) is 3.15. The Morgan fingerprint density at radius 2 is 1.81 bits per heavy atom. The van der Waals surface area contributed by atoms with Gasteiger partial charge in [-0.25, -0.2) is 0 Å². The molecule has 0 atom stereocenters. The van der Waals surface area contributed by atoms with Crippen LogP contribution in [0.2, 0.25) is 0 Å². The standard InChI is InChI=1S/C21H31N5O/c1-25-14-17(13-24-25)18-11-19(22)21(27-2)12-20(18)26-9-5-16(6-10-26)15-3-7-23-8-4-15/h11-16,23H,3-10,22H2,1-2H3. The number of rotatable bonds is 4. The molecule has 0 saturated carbocycles. The highest BCUT2D eigenvalue weighted by molar-refractivity contribution is 5.83. The molecule has 0 radical (unpaired) electrons. The first-order valence-electron chi connectivity index (χ1n) is 10.1. The van der Waals surface area contributed by atoms with E-state index in [-0.39, 0.29) is 0 Å². The lowest BCUT2D eigenvalue weighted by Crippen LogP contribution is -2.39. The molecule has 3 heterocycles. The molecule has 0 amide bonds. The van der Waals surface area contributed by atoms with E-state index in [9.17, 15) is 0 Å². The first-order chi connectivity index (χ1) is 13.2. The molecule has 1 aromatic carbocycles. The van der Waals surface area contributed by atoms with Crippen LogP contribution >= 0.6 is 0 Å². The predicted octanol–water partition coefficient (Wildman–Crippen LogP) is 2.89. The zero-order chi connectivity index (χ0) is 18.8. The highest BCUT2D eigenvalue weighted by atomic mass is 16.5. The Balaban J connectivity index is 1.57. The van der Waals surface area contributed by atoms with Crippen LogP contribution in [0, 0.1) is 11.8 Å². The van der Waals surface area contributed by atoms with Crippen LogP contribution in [0.3, 0.4) is 0 Å². The summed E-state index contributed by atoms with van der Waals surface area (Å²) in [5.74, 6) is 2.51. The van der Waals surface area contributed by atoms with Gasteiger partial charge in [0.05, 0.1) is 19.0 Å². The Hall–Kier alpha value is -2.21. The number of nitrogens with zero attached hydrogens (tertiary/aromatic N) is 3. The molecule has 2 aliphatic heterocycles. The van der Waals surface area contributed by atoms with E-state index in [1.54, 1.807) is 7.11 Å². The molecule has 2 aromatic rings. The molecule has 2 aliphatic rings. The van der Waals surface area contributed by atoms with E-state index in [4.69, 9.17) is 10.5 Å². The zero-order valence-electron chi connectivity index (χ0n) is 16.4. The molecular weight excluding hydrogens is 338 g/mol. The van der Waals surface area contributed by atoms with E-state index in [2.05, 4.69) is 21.4 Å². The van der Waals surface area contributed by atoms with Crippen LogP contribution in [0.15, 0.2) is 24.5 Å². The van der Waals surface area contributed by atoms with Gasteiger partial charge in [-0.1, -0.05) is 0 Å². The van der Waals surface area contributed by atoms with E-state index in [1.807, 2.05) is 30.2 Å². The van der Waals surface area contributed by atoms with E-state index >= 15 is 0 Å². The van der Waals surface area contributed by atoms with Gasteiger partial charge in [0.15, 0.2) is 0 Å². The Bertz CT molecular complexity index is 773. The van der Waals surface area contributed by atoms with Crippen molar-refractivity contribution in [3.05, 3.63) is 24.5 Å². The normalized spacial score (nSPS) is 19.4. The molecule has 0 spiro atoms. The summed E-state index contributed by atoms with van der Waals surface area (Å²) in [5.41, 5.74) is 10.3. The molecule has 0 aliphatic carbocycles. The van der Waals surface area contributed by atoms with Crippen molar-refractivity contribution in [1.29, 1.82) is 0 Å². The summed E-state index contributed by atoms with van der Waals surface area (Å²) in [7, 11) is 3.63.